The van der Waals surface area contributed by atoms with Crippen molar-refractivity contribution in [1.82, 2.24) is 0 Å². The Labute approximate surface area is 156 Å². The van der Waals surface area contributed by atoms with E-state index in [1.807, 2.05) is 24.3 Å². The number of amides is 1. The molecule has 1 aliphatic heterocycles. The molecule has 1 aliphatic rings. The molecule has 0 unspecified atom stereocenters. The molecule has 26 heavy (non-hydrogen) atoms. The zero-order valence-corrected chi connectivity index (χ0v) is 14.9. The molecule has 0 aliphatic carbocycles. The fraction of sp³-hybridized carbons (Fsp3) is 0.278. The number of hydrogen-bond acceptors (Lipinski definition) is 4. The van der Waals surface area contributed by atoms with E-state index in [-0.39, 0.29) is 11.6 Å². The molecule has 0 saturated carbocycles. The Hall–Kier alpha value is -2.64. The highest BCUT2D eigenvalue weighted by atomic mass is 35.5. The maximum atomic E-state index is 12.2. The third-order valence-corrected chi connectivity index (χ3v) is 4.76. The summed E-state index contributed by atoms with van der Waals surface area (Å²) in [6.45, 7) is 3.74. The summed E-state index contributed by atoms with van der Waals surface area (Å²) < 4.78 is 0. The summed E-state index contributed by atoms with van der Waals surface area (Å²) in [5, 5.41) is 14.2. The summed E-state index contributed by atoms with van der Waals surface area (Å²) in [6.07, 6.45) is 0. The van der Waals surface area contributed by atoms with Crippen LogP contribution in [0.25, 0.3) is 0 Å². The first-order valence-electron chi connectivity index (χ1n) is 8.40. The second kappa shape index (κ2) is 8.16. The Kier molecular flexibility index (Phi) is 5.70. The van der Waals surface area contributed by atoms with E-state index in [1.54, 1.807) is 12.1 Å². The van der Waals surface area contributed by atoms with Gasteiger partial charge in [0, 0.05) is 17.8 Å². The van der Waals surface area contributed by atoms with Gasteiger partial charge in [0.1, 0.15) is 0 Å². The van der Waals surface area contributed by atoms with Gasteiger partial charge in [-0.15, -0.1) is 0 Å². The van der Waals surface area contributed by atoms with Crippen LogP contribution in [-0.2, 0) is 4.79 Å². The molecule has 2 N–H and O–H groups in total. The minimum atomic E-state index is -0.464. The predicted octanol–water partition coefficient (Wildman–Crippen LogP) is 1.59. The van der Waals surface area contributed by atoms with Crippen molar-refractivity contribution in [3.63, 3.8) is 0 Å². The molecule has 1 heterocycles. The molecule has 2 aromatic carbocycles. The van der Waals surface area contributed by atoms with Crippen molar-refractivity contribution in [2.24, 2.45) is 0 Å². The van der Waals surface area contributed by atoms with Crippen LogP contribution < -0.4 is 15.1 Å². The molecule has 7 nitrogen and oxygen atoms in total. The molecule has 1 amide bonds. The Morgan fingerprint density at radius 1 is 1.15 bits per heavy atom. The van der Waals surface area contributed by atoms with E-state index in [1.165, 1.54) is 17.0 Å². The van der Waals surface area contributed by atoms with Gasteiger partial charge in [0.05, 0.1) is 41.8 Å². The molecule has 0 radical (unpaired) electrons. The average Bonchev–Trinajstić information content (AvgIpc) is 2.63. The third kappa shape index (κ3) is 4.50. The minimum Gasteiger partial charge on any atom is -0.359 e. The summed E-state index contributed by atoms with van der Waals surface area (Å²) in [7, 11) is 0. The molecule has 0 aromatic heterocycles. The molecule has 0 atom stereocenters. The maximum Gasteiger partial charge on any atom is 0.279 e. The number of hydrogen-bond donors (Lipinski definition) is 2. The number of nitro groups is 1. The molecule has 0 spiro atoms. The van der Waals surface area contributed by atoms with Crippen molar-refractivity contribution in [2.45, 2.75) is 0 Å². The Balaban J connectivity index is 1.49. The monoisotopic (exact) mass is 375 g/mol. The number of para-hydroxylation sites is 1. The van der Waals surface area contributed by atoms with Gasteiger partial charge >= 0.3 is 0 Å². The maximum absolute atomic E-state index is 12.2. The molecule has 1 fully saturated rings. The normalized spacial score (nSPS) is 14.9. The number of halogens is 1. The molecule has 1 saturated heterocycles. The molecule has 8 heteroatoms. The second-order valence-electron chi connectivity index (χ2n) is 6.22. The van der Waals surface area contributed by atoms with Gasteiger partial charge < -0.3 is 15.1 Å². The van der Waals surface area contributed by atoms with Crippen molar-refractivity contribution in [3.8, 4) is 0 Å². The standard InChI is InChI=1S/C18H19ClN4O3/c19-16-3-1-2-4-17(16)22-11-9-21(10-12-22)13-18(24)20-14-5-7-15(8-6-14)23(25)26/h1-8H,9-13H2,(H,20,24)/p+1. The molecule has 0 bridgehead atoms. The number of piperazine rings is 1. The Morgan fingerprint density at radius 3 is 2.42 bits per heavy atom. The number of nitrogens with zero attached hydrogens (tertiary/aromatic N) is 2. The summed E-state index contributed by atoms with van der Waals surface area (Å²) in [5.74, 6) is -0.0972. The van der Waals surface area contributed by atoms with E-state index in [2.05, 4.69) is 10.2 Å². The number of quaternary nitrogens is 1. The summed E-state index contributed by atoms with van der Waals surface area (Å²) in [4.78, 5) is 25.8. The number of rotatable bonds is 5. The fourth-order valence-corrected chi connectivity index (χ4v) is 3.30. The smallest absolute Gasteiger partial charge is 0.279 e. The van der Waals surface area contributed by atoms with Gasteiger partial charge in [-0.05, 0) is 24.3 Å². The molecular weight excluding hydrogens is 356 g/mol. The zero-order valence-electron chi connectivity index (χ0n) is 14.2. The number of anilines is 2. The highest BCUT2D eigenvalue weighted by Crippen LogP contribution is 2.24. The van der Waals surface area contributed by atoms with E-state index >= 15 is 0 Å². The van der Waals surface area contributed by atoms with Gasteiger partial charge in [-0.25, -0.2) is 0 Å². The lowest BCUT2D eigenvalue weighted by Crippen LogP contribution is -3.15. The number of nitro benzene ring substituents is 1. The first-order valence-corrected chi connectivity index (χ1v) is 8.78. The third-order valence-electron chi connectivity index (χ3n) is 4.44. The summed E-state index contributed by atoms with van der Waals surface area (Å²) >= 11 is 6.24. The first kappa shape index (κ1) is 18.2. The highest BCUT2D eigenvalue weighted by Gasteiger charge is 2.23. The van der Waals surface area contributed by atoms with Gasteiger partial charge in [0.2, 0.25) is 0 Å². The van der Waals surface area contributed by atoms with Crippen molar-refractivity contribution < 1.29 is 14.6 Å². The zero-order chi connectivity index (χ0) is 18.5. The number of non-ortho nitro benzene ring substituents is 1. The Morgan fingerprint density at radius 2 is 1.81 bits per heavy atom. The van der Waals surface area contributed by atoms with E-state index in [0.717, 1.165) is 36.9 Å². The highest BCUT2D eigenvalue weighted by molar-refractivity contribution is 6.33. The van der Waals surface area contributed by atoms with Crippen LogP contribution in [0.15, 0.2) is 48.5 Å². The van der Waals surface area contributed by atoms with Gasteiger partial charge in [0.15, 0.2) is 6.54 Å². The lowest BCUT2D eigenvalue weighted by atomic mass is 10.2. The van der Waals surface area contributed by atoms with Crippen LogP contribution in [0.1, 0.15) is 0 Å². The summed E-state index contributed by atoms with van der Waals surface area (Å²) in [6, 6.07) is 13.6. The SMILES string of the molecule is O=C(C[NH+]1CCN(c2ccccc2Cl)CC1)Nc1ccc([N+](=O)[O-])cc1. The van der Waals surface area contributed by atoms with Crippen LogP contribution in [0.3, 0.4) is 0 Å². The van der Waals surface area contributed by atoms with Gasteiger partial charge in [-0.3, -0.25) is 14.9 Å². The van der Waals surface area contributed by atoms with Crippen LogP contribution in [0.4, 0.5) is 17.1 Å². The van der Waals surface area contributed by atoms with Crippen molar-refractivity contribution in [1.29, 1.82) is 0 Å². The van der Waals surface area contributed by atoms with Gasteiger partial charge in [0.25, 0.3) is 11.6 Å². The lowest BCUT2D eigenvalue weighted by molar-refractivity contribution is -0.892. The minimum absolute atomic E-state index is 0.00400. The largest absolute Gasteiger partial charge is 0.359 e. The lowest BCUT2D eigenvalue weighted by Gasteiger charge is -2.33. The molecule has 2 aromatic rings. The molecular formula is C18H20ClN4O3+. The average molecular weight is 376 g/mol. The predicted molar refractivity (Wildman–Crippen MR) is 101 cm³/mol. The van der Waals surface area contributed by atoms with Crippen molar-refractivity contribution in [3.05, 3.63) is 63.7 Å². The van der Waals surface area contributed by atoms with Crippen molar-refractivity contribution >= 4 is 34.6 Å². The van der Waals surface area contributed by atoms with Crippen LogP contribution in [-0.4, -0.2) is 43.6 Å². The second-order valence-corrected chi connectivity index (χ2v) is 6.62. The van der Waals surface area contributed by atoms with E-state index in [9.17, 15) is 14.9 Å². The van der Waals surface area contributed by atoms with Crippen LogP contribution in [0, 0.1) is 10.1 Å². The number of benzene rings is 2. The Bertz CT molecular complexity index is 789. The summed E-state index contributed by atoms with van der Waals surface area (Å²) in [5.41, 5.74) is 1.60. The number of nitrogens with one attached hydrogen (secondary N) is 2. The van der Waals surface area contributed by atoms with Gasteiger partial charge in [-0.1, -0.05) is 23.7 Å². The number of carbonyl (C=O) groups excluding carboxylic acids is 1. The number of carbonyl (C=O) groups is 1. The van der Waals surface area contributed by atoms with Gasteiger partial charge in [-0.2, -0.15) is 0 Å². The first-order chi connectivity index (χ1) is 12.5. The molecule has 136 valence electrons. The van der Waals surface area contributed by atoms with E-state index in [4.69, 9.17) is 11.6 Å². The van der Waals surface area contributed by atoms with E-state index < -0.39 is 4.92 Å². The topological polar surface area (TPSA) is 79.9 Å². The van der Waals surface area contributed by atoms with Crippen LogP contribution in [0.5, 0.6) is 0 Å². The van der Waals surface area contributed by atoms with Crippen LogP contribution >= 0.6 is 11.6 Å². The quantitative estimate of drug-likeness (QED) is 0.614. The van der Waals surface area contributed by atoms with Crippen molar-refractivity contribution in [2.75, 3.05) is 42.9 Å². The van der Waals surface area contributed by atoms with Crippen LogP contribution in [0.2, 0.25) is 5.02 Å². The van der Waals surface area contributed by atoms with E-state index in [0.29, 0.717) is 12.2 Å². The fourth-order valence-electron chi connectivity index (χ4n) is 3.05. The molecule has 3 rings (SSSR count).